The van der Waals surface area contributed by atoms with E-state index in [1.807, 2.05) is 6.92 Å². The second-order valence-electron chi connectivity index (χ2n) is 6.75. The van der Waals surface area contributed by atoms with Crippen LogP contribution in [0.15, 0.2) is 29.3 Å². The lowest BCUT2D eigenvalue weighted by atomic mass is 10.1. The van der Waals surface area contributed by atoms with Crippen molar-refractivity contribution >= 4 is 44.9 Å². The van der Waals surface area contributed by atoms with Crippen LogP contribution in [0.5, 0.6) is 5.75 Å². The van der Waals surface area contributed by atoms with Gasteiger partial charge < -0.3 is 14.7 Å². The number of ether oxygens (including phenoxy) is 1. The highest BCUT2D eigenvalue weighted by Crippen LogP contribution is 2.33. The highest BCUT2D eigenvalue weighted by molar-refractivity contribution is 7.20. The summed E-state index contributed by atoms with van der Waals surface area (Å²) in [5.74, 6) is -1.14. The van der Waals surface area contributed by atoms with Crippen LogP contribution in [0.2, 0.25) is 0 Å². The summed E-state index contributed by atoms with van der Waals surface area (Å²) in [5.41, 5.74) is 0.706. The van der Waals surface area contributed by atoms with Crippen LogP contribution in [0.3, 0.4) is 0 Å². The molecule has 1 aromatic carbocycles. The summed E-state index contributed by atoms with van der Waals surface area (Å²) in [7, 11) is 0. The first-order valence-corrected chi connectivity index (χ1v) is 9.95. The van der Waals surface area contributed by atoms with Gasteiger partial charge in [-0.3, -0.25) is 19.0 Å². The zero-order valence-corrected chi connectivity index (χ0v) is 17.0. The molecular formula is C20H17N3O6S. The monoisotopic (exact) mass is 427 g/mol. The molecule has 0 saturated heterocycles. The minimum atomic E-state index is -1.12. The Kier molecular flexibility index (Phi) is 4.86. The summed E-state index contributed by atoms with van der Waals surface area (Å²) in [6, 6.07) is 4.79. The summed E-state index contributed by atoms with van der Waals surface area (Å²) < 4.78 is 6.57. The molecule has 9 nitrogen and oxygen atoms in total. The standard InChI is InChI=1S/C20H17N3O6S/c1-3-23-12-6-11(4-5-14(12)29-8-15(23)25)13(24)7-22-9-21-18-16(19(22)26)10(2)17(30-18)20(27)28/h4-6,9H,3,7-8H2,1-2H3,(H,27,28). The lowest BCUT2D eigenvalue weighted by Gasteiger charge is -2.28. The molecule has 154 valence electrons. The van der Waals surface area contributed by atoms with E-state index in [1.54, 1.807) is 25.1 Å². The zero-order valence-electron chi connectivity index (χ0n) is 16.2. The summed E-state index contributed by atoms with van der Waals surface area (Å²) >= 11 is 0.928. The number of fused-ring (bicyclic) bond motifs is 2. The fraction of sp³-hybridized carbons (Fsp3) is 0.250. The van der Waals surface area contributed by atoms with Crippen molar-refractivity contribution in [2.45, 2.75) is 20.4 Å². The molecule has 0 fully saturated rings. The van der Waals surface area contributed by atoms with Gasteiger partial charge in [0.25, 0.3) is 11.5 Å². The minimum Gasteiger partial charge on any atom is -0.482 e. The van der Waals surface area contributed by atoms with Gasteiger partial charge in [0.1, 0.15) is 15.5 Å². The number of rotatable bonds is 5. The van der Waals surface area contributed by atoms with E-state index in [0.717, 1.165) is 15.9 Å². The smallest absolute Gasteiger partial charge is 0.346 e. The van der Waals surface area contributed by atoms with Gasteiger partial charge in [-0.05, 0) is 37.6 Å². The molecule has 2 aromatic heterocycles. The molecule has 0 unspecified atom stereocenters. The Morgan fingerprint density at radius 1 is 1.30 bits per heavy atom. The lowest BCUT2D eigenvalue weighted by molar-refractivity contribution is -0.121. The number of Topliss-reactive ketones (excluding diaryl/α,β-unsaturated/α-hetero) is 1. The number of carboxylic acid groups (broad SMARTS) is 1. The molecule has 0 bridgehead atoms. The number of likely N-dealkylation sites (N-methyl/N-ethyl adjacent to an activating group) is 1. The molecule has 10 heteroatoms. The van der Waals surface area contributed by atoms with Crippen LogP contribution in [0.4, 0.5) is 5.69 Å². The van der Waals surface area contributed by atoms with Gasteiger partial charge in [-0.1, -0.05) is 0 Å². The number of amides is 1. The van der Waals surface area contributed by atoms with Gasteiger partial charge in [0.2, 0.25) is 0 Å². The quantitative estimate of drug-likeness (QED) is 0.619. The fourth-order valence-corrected chi connectivity index (χ4v) is 4.42. The van der Waals surface area contributed by atoms with E-state index in [9.17, 15) is 24.3 Å². The number of anilines is 1. The number of nitrogens with zero attached hydrogens (tertiary/aromatic N) is 3. The number of carbonyl (C=O) groups excluding carboxylic acids is 2. The largest absolute Gasteiger partial charge is 0.482 e. The first kappa shape index (κ1) is 19.8. The van der Waals surface area contributed by atoms with Gasteiger partial charge >= 0.3 is 5.97 Å². The Balaban J connectivity index is 1.69. The van der Waals surface area contributed by atoms with Gasteiger partial charge in [0.05, 0.1) is 23.9 Å². The molecule has 0 spiro atoms. The second kappa shape index (κ2) is 7.38. The second-order valence-corrected chi connectivity index (χ2v) is 7.75. The Morgan fingerprint density at radius 2 is 2.07 bits per heavy atom. The summed E-state index contributed by atoms with van der Waals surface area (Å²) in [6.07, 6.45) is 1.24. The van der Waals surface area contributed by atoms with Crippen molar-refractivity contribution in [3.63, 3.8) is 0 Å². The predicted molar refractivity (Wildman–Crippen MR) is 110 cm³/mol. The molecule has 1 aliphatic heterocycles. The molecule has 1 aliphatic rings. The molecule has 1 N–H and O–H groups in total. The number of aromatic nitrogens is 2. The number of carbonyl (C=O) groups is 3. The van der Waals surface area contributed by atoms with Gasteiger partial charge in [-0.25, -0.2) is 9.78 Å². The average Bonchev–Trinajstić information content (AvgIpc) is 3.07. The topological polar surface area (TPSA) is 119 Å². The van der Waals surface area contributed by atoms with Crippen LogP contribution >= 0.6 is 11.3 Å². The maximum atomic E-state index is 12.8. The molecule has 0 radical (unpaired) electrons. The Bertz CT molecular complexity index is 1280. The van der Waals surface area contributed by atoms with Crippen LogP contribution in [-0.4, -0.2) is 45.5 Å². The number of aromatic carboxylic acids is 1. The molecule has 4 rings (SSSR count). The number of thiophene rings is 1. The van der Waals surface area contributed by atoms with E-state index in [-0.39, 0.29) is 35.1 Å². The number of hydrogen-bond acceptors (Lipinski definition) is 7. The normalized spacial score (nSPS) is 13.3. The fourth-order valence-electron chi connectivity index (χ4n) is 3.44. The van der Waals surface area contributed by atoms with E-state index in [2.05, 4.69) is 4.98 Å². The maximum absolute atomic E-state index is 12.8. The molecule has 3 heterocycles. The van der Waals surface area contributed by atoms with E-state index >= 15 is 0 Å². The lowest BCUT2D eigenvalue weighted by Crippen LogP contribution is -2.38. The van der Waals surface area contributed by atoms with Crippen LogP contribution in [-0.2, 0) is 11.3 Å². The molecule has 0 saturated carbocycles. The van der Waals surface area contributed by atoms with E-state index < -0.39 is 11.5 Å². The van der Waals surface area contributed by atoms with Crippen molar-refractivity contribution in [1.82, 2.24) is 9.55 Å². The van der Waals surface area contributed by atoms with E-state index in [1.165, 1.54) is 11.2 Å². The number of benzene rings is 1. The highest BCUT2D eigenvalue weighted by Gasteiger charge is 2.25. The molecule has 0 aliphatic carbocycles. The Labute approximate surface area is 174 Å². The molecule has 3 aromatic rings. The third-order valence-corrected chi connectivity index (χ3v) is 6.15. The van der Waals surface area contributed by atoms with Crippen molar-refractivity contribution < 1.29 is 24.2 Å². The maximum Gasteiger partial charge on any atom is 0.346 e. The Hall–Kier alpha value is -3.53. The van der Waals surface area contributed by atoms with Crippen molar-refractivity contribution in [3.8, 4) is 5.75 Å². The van der Waals surface area contributed by atoms with E-state index in [4.69, 9.17) is 4.74 Å². The van der Waals surface area contributed by atoms with Crippen LogP contribution in [0, 0.1) is 6.92 Å². The van der Waals surface area contributed by atoms with E-state index in [0.29, 0.717) is 33.9 Å². The summed E-state index contributed by atoms with van der Waals surface area (Å²) in [4.78, 5) is 55.1. The van der Waals surface area contributed by atoms with Crippen molar-refractivity contribution in [2.24, 2.45) is 0 Å². The Morgan fingerprint density at radius 3 is 2.77 bits per heavy atom. The summed E-state index contributed by atoms with van der Waals surface area (Å²) in [6.45, 7) is 3.51. The number of ketones is 1. The number of aryl methyl sites for hydroxylation is 1. The summed E-state index contributed by atoms with van der Waals surface area (Å²) in [5, 5.41) is 9.46. The SMILES string of the molecule is CCN1C(=O)COc2ccc(C(=O)Cn3cnc4sc(C(=O)O)c(C)c4c3=O)cc21. The van der Waals surface area contributed by atoms with Gasteiger partial charge in [-0.15, -0.1) is 11.3 Å². The zero-order chi connectivity index (χ0) is 21.6. The third kappa shape index (κ3) is 3.14. The highest BCUT2D eigenvalue weighted by atomic mass is 32.1. The number of hydrogen-bond donors (Lipinski definition) is 1. The first-order chi connectivity index (χ1) is 14.3. The molecular weight excluding hydrogens is 410 g/mol. The molecule has 0 atom stereocenters. The van der Waals surface area contributed by atoms with Crippen LogP contribution in [0.25, 0.3) is 10.2 Å². The minimum absolute atomic E-state index is 0.0481. The first-order valence-electron chi connectivity index (χ1n) is 9.14. The van der Waals surface area contributed by atoms with Gasteiger partial charge in [-0.2, -0.15) is 0 Å². The van der Waals surface area contributed by atoms with Crippen molar-refractivity contribution in [1.29, 1.82) is 0 Å². The third-order valence-electron chi connectivity index (χ3n) is 4.97. The molecule has 1 amide bonds. The van der Waals surface area contributed by atoms with Crippen molar-refractivity contribution in [3.05, 3.63) is 50.9 Å². The average molecular weight is 427 g/mol. The van der Waals surface area contributed by atoms with Crippen LogP contribution in [0.1, 0.15) is 32.5 Å². The molecule has 30 heavy (non-hydrogen) atoms. The van der Waals surface area contributed by atoms with Crippen LogP contribution < -0.4 is 15.2 Å². The van der Waals surface area contributed by atoms with Gasteiger partial charge in [0.15, 0.2) is 12.4 Å². The predicted octanol–water partition coefficient (Wildman–Crippen LogP) is 2.09. The van der Waals surface area contributed by atoms with Crippen molar-refractivity contribution in [2.75, 3.05) is 18.1 Å². The van der Waals surface area contributed by atoms with Gasteiger partial charge in [0, 0.05) is 12.1 Å². The number of carboxylic acids is 1.